The van der Waals surface area contributed by atoms with E-state index in [4.69, 9.17) is 0 Å². The van der Waals surface area contributed by atoms with E-state index in [9.17, 15) is 4.79 Å². The maximum Gasteiger partial charge on any atom is 0.167 e. The Morgan fingerprint density at radius 1 is 1.04 bits per heavy atom. The van der Waals surface area contributed by atoms with Crippen molar-refractivity contribution in [1.29, 1.82) is 0 Å². The number of Topliss-reactive ketones (excluding diaryl/α,β-unsaturated/α-hetero) is 1. The third-order valence-electron chi connectivity index (χ3n) is 5.30. The van der Waals surface area contributed by atoms with E-state index in [0.717, 1.165) is 17.0 Å². The second-order valence-corrected chi connectivity index (χ2v) is 7.51. The summed E-state index contributed by atoms with van der Waals surface area (Å²) in [6.07, 6.45) is 4.56. The fourth-order valence-corrected chi connectivity index (χ4v) is 3.34. The molecule has 2 aliphatic rings. The minimum Gasteiger partial charge on any atom is -0.313 e. The Kier molecular flexibility index (Phi) is 4.24. The number of carbonyl (C=O) groups excluding carboxylic acids is 1. The molecule has 0 saturated heterocycles. The van der Waals surface area contributed by atoms with Gasteiger partial charge in [-0.1, -0.05) is 54.1 Å². The first-order valence-corrected chi connectivity index (χ1v) is 9.11. The summed E-state index contributed by atoms with van der Waals surface area (Å²) >= 11 is 0. The van der Waals surface area contributed by atoms with Gasteiger partial charge in [-0.05, 0) is 49.8 Å². The molecule has 0 aromatic heterocycles. The molecule has 2 heteroatoms. The minimum atomic E-state index is 0.193. The Bertz CT molecular complexity index is 713. The highest BCUT2D eigenvalue weighted by atomic mass is 16.1. The number of nitrogens with one attached hydrogen (secondary N) is 1. The van der Waals surface area contributed by atoms with Crippen molar-refractivity contribution >= 4 is 5.78 Å². The Labute approximate surface area is 144 Å². The van der Waals surface area contributed by atoms with E-state index in [1.54, 1.807) is 0 Å². The predicted molar refractivity (Wildman–Crippen MR) is 97.5 cm³/mol. The van der Waals surface area contributed by atoms with Crippen molar-refractivity contribution in [2.24, 2.45) is 5.92 Å². The van der Waals surface area contributed by atoms with Gasteiger partial charge >= 0.3 is 0 Å². The molecule has 2 aromatic rings. The van der Waals surface area contributed by atoms with Crippen LogP contribution in [-0.4, -0.2) is 18.4 Å². The van der Waals surface area contributed by atoms with Crippen molar-refractivity contribution < 1.29 is 4.79 Å². The Morgan fingerprint density at radius 2 is 1.75 bits per heavy atom. The molecule has 24 heavy (non-hydrogen) atoms. The van der Waals surface area contributed by atoms with Gasteiger partial charge in [0.05, 0.1) is 0 Å². The van der Waals surface area contributed by atoms with Crippen LogP contribution in [0.15, 0.2) is 48.5 Å². The standard InChI is InChI=1S/C22H25NO/c1-15-2-8-19(9-3-15)22(24)12-16-6-10-18(11-7-16)20-13-21(20)23-14-17-4-5-17/h2-3,6-11,17,20-21,23H,4-5,12-14H2,1H3. The summed E-state index contributed by atoms with van der Waals surface area (Å²) in [6.45, 7) is 3.24. The summed E-state index contributed by atoms with van der Waals surface area (Å²) in [4.78, 5) is 12.4. The molecule has 0 bridgehead atoms. The Balaban J connectivity index is 1.32. The van der Waals surface area contributed by atoms with E-state index in [2.05, 4.69) is 29.6 Å². The van der Waals surface area contributed by atoms with Crippen LogP contribution in [0.2, 0.25) is 0 Å². The van der Waals surface area contributed by atoms with Crippen LogP contribution < -0.4 is 5.32 Å². The van der Waals surface area contributed by atoms with Crippen LogP contribution in [0.3, 0.4) is 0 Å². The third kappa shape index (κ3) is 3.76. The molecule has 4 rings (SSSR count). The SMILES string of the molecule is Cc1ccc(C(=O)Cc2ccc(C3CC3NCC3CC3)cc2)cc1. The van der Waals surface area contributed by atoms with Crippen LogP contribution in [-0.2, 0) is 6.42 Å². The second kappa shape index (κ2) is 6.52. The first-order valence-electron chi connectivity index (χ1n) is 9.11. The molecule has 2 saturated carbocycles. The highest BCUT2D eigenvalue weighted by Crippen LogP contribution is 2.41. The largest absolute Gasteiger partial charge is 0.313 e. The molecule has 0 heterocycles. The predicted octanol–water partition coefficient (Wildman–Crippen LogP) is 4.28. The van der Waals surface area contributed by atoms with Crippen LogP contribution in [0.1, 0.15) is 52.2 Å². The minimum absolute atomic E-state index is 0.193. The average molecular weight is 319 g/mol. The van der Waals surface area contributed by atoms with Gasteiger partial charge in [-0.15, -0.1) is 0 Å². The smallest absolute Gasteiger partial charge is 0.167 e. The van der Waals surface area contributed by atoms with E-state index < -0.39 is 0 Å². The van der Waals surface area contributed by atoms with E-state index >= 15 is 0 Å². The molecule has 2 unspecified atom stereocenters. The quantitative estimate of drug-likeness (QED) is 0.772. The Morgan fingerprint density at radius 3 is 2.42 bits per heavy atom. The lowest BCUT2D eigenvalue weighted by Gasteiger charge is -2.06. The van der Waals surface area contributed by atoms with Crippen molar-refractivity contribution in [1.82, 2.24) is 5.32 Å². The van der Waals surface area contributed by atoms with Crippen LogP contribution >= 0.6 is 0 Å². The summed E-state index contributed by atoms with van der Waals surface area (Å²) in [7, 11) is 0. The molecule has 2 nitrogen and oxygen atoms in total. The van der Waals surface area contributed by atoms with Crippen molar-refractivity contribution in [3.05, 3.63) is 70.8 Å². The Hall–Kier alpha value is -1.93. The van der Waals surface area contributed by atoms with Crippen LogP contribution in [0.4, 0.5) is 0 Å². The molecule has 2 atom stereocenters. The maximum absolute atomic E-state index is 12.4. The molecular weight excluding hydrogens is 294 g/mol. The summed E-state index contributed by atoms with van der Waals surface area (Å²) < 4.78 is 0. The molecule has 0 spiro atoms. The molecule has 2 fully saturated rings. The van der Waals surface area contributed by atoms with Gasteiger partial charge in [0, 0.05) is 23.9 Å². The summed E-state index contributed by atoms with van der Waals surface area (Å²) in [5, 5.41) is 3.69. The highest BCUT2D eigenvalue weighted by Gasteiger charge is 2.38. The van der Waals surface area contributed by atoms with Gasteiger partial charge in [-0.3, -0.25) is 4.79 Å². The number of carbonyl (C=O) groups is 1. The number of benzene rings is 2. The number of hydrogen-bond acceptors (Lipinski definition) is 2. The normalized spacial score (nSPS) is 22.4. The van der Waals surface area contributed by atoms with Gasteiger partial charge in [0.15, 0.2) is 5.78 Å². The molecule has 0 aliphatic heterocycles. The molecule has 0 amide bonds. The zero-order valence-electron chi connectivity index (χ0n) is 14.3. The number of aryl methyl sites for hydroxylation is 1. The molecule has 0 radical (unpaired) electrons. The van der Waals surface area contributed by atoms with Crippen molar-refractivity contribution in [3.8, 4) is 0 Å². The maximum atomic E-state index is 12.4. The van der Waals surface area contributed by atoms with E-state index in [1.807, 2.05) is 31.2 Å². The highest BCUT2D eigenvalue weighted by molar-refractivity contribution is 5.97. The zero-order valence-corrected chi connectivity index (χ0v) is 14.3. The first kappa shape index (κ1) is 15.6. The molecule has 2 aliphatic carbocycles. The zero-order chi connectivity index (χ0) is 16.5. The third-order valence-corrected chi connectivity index (χ3v) is 5.30. The molecule has 2 aromatic carbocycles. The lowest BCUT2D eigenvalue weighted by molar-refractivity contribution is 0.0993. The lowest BCUT2D eigenvalue weighted by Crippen LogP contribution is -2.20. The van der Waals surface area contributed by atoms with Gasteiger partial charge in [0.1, 0.15) is 0 Å². The lowest BCUT2D eigenvalue weighted by atomic mass is 10.0. The number of hydrogen-bond donors (Lipinski definition) is 1. The van der Waals surface area contributed by atoms with Gasteiger partial charge in [0.25, 0.3) is 0 Å². The van der Waals surface area contributed by atoms with E-state index in [1.165, 1.54) is 36.9 Å². The van der Waals surface area contributed by atoms with Crippen molar-refractivity contribution in [2.75, 3.05) is 6.54 Å². The van der Waals surface area contributed by atoms with Gasteiger partial charge < -0.3 is 5.32 Å². The van der Waals surface area contributed by atoms with Crippen molar-refractivity contribution in [2.45, 2.75) is 44.6 Å². The average Bonchev–Trinajstić information content (AvgIpc) is 3.49. The number of ketones is 1. The topological polar surface area (TPSA) is 29.1 Å². The van der Waals surface area contributed by atoms with Crippen molar-refractivity contribution in [3.63, 3.8) is 0 Å². The fourth-order valence-electron chi connectivity index (χ4n) is 3.34. The summed E-state index contributed by atoms with van der Waals surface area (Å²) in [6, 6.07) is 17.2. The van der Waals surface area contributed by atoms with Gasteiger partial charge in [-0.25, -0.2) is 0 Å². The monoisotopic (exact) mass is 319 g/mol. The first-order chi connectivity index (χ1) is 11.7. The molecule has 1 N–H and O–H groups in total. The molecule has 124 valence electrons. The van der Waals surface area contributed by atoms with Crippen LogP contribution in [0.5, 0.6) is 0 Å². The van der Waals surface area contributed by atoms with Gasteiger partial charge in [0.2, 0.25) is 0 Å². The van der Waals surface area contributed by atoms with Crippen LogP contribution in [0.25, 0.3) is 0 Å². The summed E-state index contributed by atoms with van der Waals surface area (Å²) in [5.41, 5.74) is 4.50. The van der Waals surface area contributed by atoms with E-state index in [0.29, 0.717) is 18.4 Å². The second-order valence-electron chi connectivity index (χ2n) is 7.51. The van der Waals surface area contributed by atoms with Crippen LogP contribution in [0, 0.1) is 12.8 Å². The van der Waals surface area contributed by atoms with Gasteiger partial charge in [-0.2, -0.15) is 0 Å². The fraction of sp³-hybridized carbons (Fsp3) is 0.409. The van der Waals surface area contributed by atoms with E-state index in [-0.39, 0.29) is 5.78 Å². The summed E-state index contributed by atoms with van der Waals surface area (Å²) in [5.74, 6) is 1.81. The molecular formula is C22H25NO. The number of rotatable bonds is 7.